The van der Waals surface area contributed by atoms with E-state index in [-0.39, 0.29) is 0 Å². The molecule has 1 atom stereocenters. The summed E-state index contributed by atoms with van der Waals surface area (Å²) in [6, 6.07) is 17.7. The summed E-state index contributed by atoms with van der Waals surface area (Å²) in [4.78, 5) is 5.03. The SMILES string of the molecule is CN1Cc2cc(CN3CCCCC3)ccc2C(c2cc3ccccc3o2)C1. The Morgan fingerprint density at radius 1 is 1.00 bits per heavy atom. The van der Waals surface area contributed by atoms with Crippen LogP contribution in [0.2, 0.25) is 0 Å². The molecule has 27 heavy (non-hydrogen) atoms. The predicted octanol–water partition coefficient (Wildman–Crippen LogP) is 5.00. The average molecular weight is 361 g/mol. The molecule has 2 aliphatic rings. The lowest BCUT2D eigenvalue weighted by atomic mass is 9.87. The maximum atomic E-state index is 6.23. The van der Waals surface area contributed by atoms with E-state index < -0.39 is 0 Å². The van der Waals surface area contributed by atoms with Gasteiger partial charge in [0.2, 0.25) is 0 Å². The van der Waals surface area contributed by atoms with Crippen LogP contribution in [0.3, 0.4) is 0 Å². The van der Waals surface area contributed by atoms with Crippen LogP contribution >= 0.6 is 0 Å². The minimum absolute atomic E-state index is 0.315. The van der Waals surface area contributed by atoms with Crippen LogP contribution in [0.1, 0.15) is 47.6 Å². The number of hydrogen-bond acceptors (Lipinski definition) is 3. The van der Waals surface area contributed by atoms with Gasteiger partial charge in [-0.3, -0.25) is 4.90 Å². The molecule has 0 saturated carbocycles. The normalized spacial score (nSPS) is 21.4. The number of rotatable bonds is 3. The summed E-state index contributed by atoms with van der Waals surface area (Å²) < 4.78 is 6.23. The number of likely N-dealkylation sites (N-methyl/N-ethyl adjacent to an activating group) is 1. The molecule has 1 aromatic heterocycles. The molecule has 0 amide bonds. The second-order valence-corrected chi connectivity index (χ2v) is 8.31. The van der Waals surface area contributed by atoms with Crippen LogP contribution in [0.4, 0.5) is 0 Å². The van der Waals surface area contributed by atoms with Crippen LogP contribution in [-0.2, 0) is 13.1 Å². The molecule has 0 N–H and O–H groups in total. The van der Waals surface area contributed by atoms with Crippen molar-refractivity contribution in [2.75, 3.05) is 26.7 Å². The Balaban J connectivity index is 1.45. The Morgan fingerprint density at radius 2 is 1.85 bits per heavy atom. The molecule has 3 heteroatoms. The van der Waals surface area contributed by atoms with Crippen molar-refractivity contribution in [1.29, 1.82) is 0 Å². The summed E-state index contributed by atoms with van der Waals surface area (Å²) in [6.07, 6.45) is 4.09. The highest BCUT2D eigenvalue weighted by Gasteiger charge is 2.27. The number of para-hydroxylation sites is 1. The summed E-state index contributed by atoms with van der Waals surface area (Å²) in [7, 11) is 2.22. The molecule has 3 aromatic rings. The highest BCUT2D eigenvalue weighted by Crippen LogP contribution is 2.36. The van der Waals surface area contributed by atoms with Gasteiger partial charge in [0.25, 0.3) is 0 Å². The van der Waals surface area contributed by atoms with Gasteiger partial charge in [0, 0.05) is 25.0 Å². The summed E-state index contributed by atoms with van der Waals surface area (Å²) in [6.45, 7) is 5.63. The molecule has 1 fully saturated rings. The fraction of sp³-hybridized carbons (Fsp3) is 0.417. The first-order valence-electron chi connectivity index (χ1n) is 10.3. The van der Waals surface area contributed by atoms with E-state index in [9.17, 15) is 0 Å². The lowest BCUT2D eigenvalue weighted by Crippen LogP contribution is -2.31. The van der Waals surface area contributed by atoms with E-state index in [2.05, 4.69) is 59.3 Å². The second kappa shape index (κ2) is 7.14. The van der Waals surface area contributed by atoms with Crippen molar-refractivity contribution in [3.8, 4) is 0 Å². The van der Waals surface area contributed by atoms with E-state index in [1.165, 1.54) is 54.4 Å². The summed E-state index contributed by atoms with van der Waals surface area (Å²) in [5.41, 5.74) is 5.34. The molecular formula is C24H28N2O. The van der Waals surface area contributed by atoms with Gasteiger partial charge in [0.1, 0.15) is 11.3 Å². The van der Waals surface area contributed by atoms with Gasteiger partial charge in [-0.1, -0.05) is 42.8 Å². The molecule has 1 saturated heterocycles. The zero-order chi connectivity index (χ0) is 18.2. The van der Waals surface area contributed by atoms with Gasteiger partial charge in [-0.2, -0.15) is 0 Å². The quantitative estimate of drug-likeness (QED) is 0.656. The highest BCUT2D eigenvalue weighted by atomic mass is 16.3. The van der Waals surface area contributed by atoms with Crippen LogP contribution in [0.15, 0.2) is 52.9 Å². The van der Waals surface area contributed by atoms with E-state index >= 15 is 0 Å². The van der Waals surface area contributed by atoms with E-state index in [0.29, 0.717) is 5.92 Å². The standard InChI is InChI=1S/C24H28N2O/c1-25-16-20-13-18(15-26-11-5-2-6-12-26)9-10-21(20)22(17-25)24-14-19-7-3-4-8-23(19)27-24/h3-4,7-10,13-14,22H,2,5-6,11-12,15-17H2,1H3. The zero-order valence-electron chi connectivity index (χ0n) is 16.2. The second-order valence-electron chi connectivity index (χ2n) is 8.31. The number of fused-ring (bicyclic) bond motifs is 2. The molecule has 0 aliphatic carbocycles. The Morgan fingerprint density at radius 3 is 2.70 bits per heavy atom. The molecule has 2 aliphatic heterocycles. The van der Waals surface area contributed by atoms with Crippen LogP contribution in [0.5, 0.6) is 0 Å². The fourth-order valence-electron chi connectivity index (χ4n) is 4.79. The molecule has 140 valence electrons. The summed E-state index contributed by atoms with van der Waals surface area (Å²) >= 11 is 0. The summed E-state index contributed by atoms with van der Waals surface area (Å²) in [5, 5.41) is 1.20. The fourth-order valence-corrected chi connectivity index (χ4v) is 4.79. The first-order valence-corrected chi connectivity index (χ1v) is 10.3. The van der Waals surface area contributed by atoms with E-state index in [1.807, 2.05) is 6.07 Å². The molecule has 0 spiro atoms. The van der Waals surface area contributed by atoms with Crippen molar-refractivity contribution in [3.63, 3.8) is 0 Å². The van der Waals surface area contributed by atoms with Crippen molar-refractivity contribution in [2.45, 2.75) is 38.3 Å². The molecule has 3 nitrogen and oxygen atoms in total. The number of likely N-dealkylation sites (tertiary alicyclic amines) is 1. The molecule has 1 unspecified atom stereocenters. The van der Waals surface area contributed by atoms with Crippen molar-refractivity contribution in [2.24, 2.45) is 0 Å². The van der Waals surface area contributed by atoms with Gasteiger partial charge in [-0.05, 0) is 61.8 Å². The highest BCUT2D eigenvalue weighted by molar-refractivity contribution is 5.78. The van der Waals surface area contributed by atoms with Crippen molar-refractivity contribution in [3.05, 3.63) is 71.0 Å². The predicted molar refractivity (Wildman–Crippen MR) is 110 cm³/mol. The first-order chi connectivity index (χ1) is 13.3. The van der Waals surface area contributed by atoms with E-state index in [0.717, 1.165) is 31.0 Å². The van der Waals surface area contributed by atoms with Crippen LogP contribution < -0.4 is 0 Å². The summed E-state index contributed by atoms with van der Waals surface area (Å²) in [5.74, 6) is 1.41. The molecular weight excluding hydrogens is 332 g/mol. The Kier molecular flexibility index (Phi) is 4.50. The molecule has 2 aromatic carbocycles. The van der Waals surface area contributed by atoms with Gasteiger partial charge >= 0.3 is 0 Å². The van der Waals surface area contributed by atoms with Crippen molar-refractivity contribution in [1.82, 2.24) is 9.80 Å². The Labute approximate surface area is 161 Å². The lowest BCUT2D eigenvalue weighted by molar-refractivity contribution is 0.220. The zero-order valence-corrected chi connectivity index (χ0v) is 16.2. The lowest BCUT2D eigenvalue weighted by Gasteiger charge is -2.32. The number of furan rings is 1. The third-order valence-electron chi connectivity index (χ3n) is 6.16. The van der Waals surface area contributed by atoms with Gasteiger partial charge in [0.15, 0.2) is 0 Å². The maximum absolute atomic E-state index is 6.23. The minimum Gasteiger partial charge on any atom is -0.460 e. The first kappa shape index (κ1) is 17.0. The number of hydrogen-bond donors (Lipinski definition) is 0. The monoisotopic (exact) mass is 360 g/mol. The Hall–Kier alpha value is -2.10. The van der Waals surface area contributed by atoms with Gasteiger partial charge in [-0.25, -0.2) is 0 Å². The number of benzene rings is 2. The maximum Gasteiger partial charge on any atom is 0.134 e. The van der Waals surface area contributed by atoms with Crippen molar-refractivity contribution >= 4 is 11.0 Å². The third-order valence-corrected chi connectivity index (χ3v) is 6.16. The number of piperidine rings is 1. The largest absolute Gasteiger partial charge is 0.460 e. The molecule has 0 bridgehead atoms. The van der Waals surface area contributed by atoms with Gasteiger partial charge < -0.3 is 9.32 Å². The molecule has 5 rings (SSSR count). The minimum atomic E-state index is 0.315. The van der Waals surface area contributed by atoms with Crippen LogP contribution in [-0.4, -0.2) is 36.5 Å². The topological polar surface area (TPSA) is 19.6 Å². The van der Waals surface area contributed by atoms with Crippen molar-refractivity contribution < 1.29 is 4.42 Å². The van der Waals surface area contributed by atoms with E-state index in [4.69, 9.17) is 4.42 Å². The smallest absolute Gasteiger partial charge is 0.134 e. The molecule has 3 heterocycles. The Bertz CT molecular complexity index is 905. The van der Waals surface area contributed by atoms with Crippen LogP contribution in [0, 0.1) is 0 Å². The van der Waals surface area contributed by atoms with Gasteiger partial charge in [0.05, 0.1) is 5.92 Å². The molecule has 0 radical (unpaired) electrons. The average Bonchev–Trinajstić information content (AvgIpc) is 3.12. The van der Waals surface area contributed by atoms with Crippen LogP contribution in [0.25, 0.3) is 11.0 Å². The van der Waals surface area contributed by atoms with Gasteiger partial charge in [-0.15, -0.1) is 0 Å². The number of nitrogens with zero attached hydrogens (tertiary/aromatic N) is 2. The van der Waals surface area contributed by atoms with E-state index in [1.54, 1.807) is 0 Å². The third kappa shape index (κ3) is 3.42.